The molecule has 1 fully saturated rings. The van der Waals surface area contributed by atoms with Crippen LogP contribution in [-0.4, -0.2) is 11.7 Å². The highest BCUT2D eigenvalue weighted by atomic mass is 35.5. The molecule has 0 amide bonds. The fraction of sp³-hybridized carbons (Fsp3) is 0.833. The standard InChI is InChI=1S/C6H9ClO/c7-4-6(8)3-5-1-2-5/h5H,1-4H2. The molecule has 1 aliphatic carbocycles. The topological polar surface area (TPSA) is 17.1 Å². The van der Waals surface area contributed by atoms with E-state index in [1.54, 1.807) is 0 Å². The van der Waals surface area contributed by atoms with E-state index in [0.29, 0.717) is 5.92 Å². The number of rotatable bonds is 3. The van der Waals surface area contributed by atoms with Gasteiger partial charge in [-0.2, -0.15) is 0 Å². The van der Waals surface area contributed by atoms with Gasteiger partial charge in [0, 0.05) is 6.42 Å². The number of ketones is 1. The molecule has 0 atom stereocenters. The van der Waals surface area contributed by atoms with Crippen molar-refractivity contribution in [2.75, 3.05) is 5.88 Å². The molecule has 0 heterocycles. The van der Waals surface area contributed by atoms with Gasteiger partial charge in [-0.1, -0.05) is 0 Å². The second-order valence-electron chi connectivity index (χ2n) is 2.32. The third kappa shape index (κ3) is 1.83. The van der Waals surface area contributed by atoms with E-state index >= 15 is 0 Å². The van der Waals surface area contributed by atoms with E-state index < -0.39 is 0 Å². The maximum Gasteiger partial charge on any atom is 0.147 e. The van der Waals surface area contributed by atoms with Crippen LogP contribution < -0.4 is 0 Å². The Morgan fingerprint density at radius 2 is 2.25 bits per heavy atom. The lowest BCUT2D eigenvalue weighted by Crippen LogP contribution is -1.98. The van der Waals surface area contributed by atoms with Crippen LogP contribution in [0.2, 0.25) is 0 Å². The maximum absolute atomic E-state index is 10.5. The van der Waals surface area contributed by atoms with Crippen LogP contribution in [0, 0.1) is 5.92 Å². The fourth-order valence-electron chi connectivity index (χ4n) is 0.699. The third-order valence-corrected chi connectivity index (χ3v) is 1.66. The lowest BCUT2D eigenvalue weighted by molar-refractivity contribution is -0.117. The summed E-state index contributed by atoms with van der Waals surface area (Å²) >= 11 is 5.27. The molecular weight excluding hydrogens is 124 g/mol. The zero-order valence-electron chi connectivity index (χ0n) is 4.69. The van der Waals surface area contributed by atoms with E-state index in [2.05, 4.69) is 0 Å². The van der Waals surface area contributed by atoms with Gasteiger partial charge in [-0.15, -0.1) is 11.6 Å². The van der Waals surface area contributed by atoms with Gasteiger partial charge < -0.3 is 0 Å². The minimum absolute atomic E-state index is 0.203. The molecule has 2 heteroatoms. The molecule has 0 spiro atoms. The summed E-state index contributed by atoms with van der Waals surface area (Å²) in [7, 11) is 0. The van der Waals surface area contributed by atoms with Crippen LogP contribution >= 0.6 is 11.6 Å². The molecule has 1 nitrogen and oxygen atoms in total. The average Bonchev–Trinajstić information content (AvgIpc) is 2.50. The molecule has 0 aromatic carbocycles. The van der Waals surface area contributed by atoms with Gasteiger partial charge in [0.15, 0.2) is 0 Å². The smallest absolute Gasteiger partial charge is 0.147 e. The summed E-state index contributed by atoms with van der Waals surface area (Å²) < 4.78 is 0. The van der Waals surface area contributed by atoms with E-state index in [-0.39, 0.29) is 11.7 Å². The summed E-state index contributed by atoms with van der Waals surface area (Å²) in [6.45, 7) is 0. The Balaban J connectivity index is 2.07. The summed E-state index contributed by atoms with van der Waals surface area (Å²) in [5, 5.41) is 0. The van der Waals surface area contributed by atoms with Crippen molar-refractivity contribution < 1.29 is 4.79 Å². The fourth-order valence-corrected chi connectivity index (χ4v) is 0.808. The summed E-state index contributed by atoms with van der Waals surface area (Å²) in [6.07, 6.45) is 3.20. The Labute approximate surface area is 54.0 Å². The maximum atomic E-state index is 10.5. The first-order valence-corrected chi connectivity index (χ1v) is 3.44. The minimum Gasteiger partial charge on any atom is -0.298 e. The zero-order valence-corrected chi connectivity index (χ0v) is 5.45. The average molecular weight is 133 g/mol. The van der Waals surface area contributed by atoms with Gasteiger partial charge in [0.1, 0.15) is 5.78 Å². The van der Waals surface area contributed by atoms with Gasteiger partial charge in [-0.3, -0.25) is 4.79 Å². The summed E-state index contributed by atoms with van der Waals surface area (Å²) in [4.78, 5) is 10.5. The van der Waals surface area contributed by atoms with Crippen molar-refractivity contribution in [3.8, 4) is 0 Å². The Bertz CT molecular complexity index is 96.7. The molecule has 0 unspecified atom stereocenters. The first-order valence-electron chi connectivity index (χ1n) is 2.90. The molecule has 1 aliphatic rings. The van der Waals surface area contributed by atoms with Crippen LogP contribution in [0.3, 0.4) is 0 Å². The Morgan fingerprint density at radius 1 is 1.62 bits per heavy atom. The summed E-state index contributed by atoms with van der Waals surface area (Å²) in [5.74, 6) is 1.10. The van der Waals surface area contributed by atoms with Crippen molar-refractivity contribution >= 4 is 17.4 Å². The normalized spacial score (nSPS) is 18.6. The molecule has 46 valence electrons. The molecule has 0 aliphatic heterocycles. The molecule has 8 heavy (non-hydrogen) atoms. The predicted molar refractivity (Wildman–Crippen MR) is 33.1 cm³/mol. The highest BCUT2D eigenvalue weighted by Crippen LogP contribution is 2.32. The first-order chi connectivity index (χ1) is 3.83. The number of carbonyl (C=O) groups excluding carboxylic acids is 1. The van der Waals surface area contributed by atoms with E-state index in [0.717, 1.165) is 6.42 Å². The Hall–Kier alpha value is -0.0400. The third-order valence-electron chi connectivity index (χ3n) is 1.36. The van der Waals surface area contributed by atoms with Gasteiger partial charge in [0.2, 0.25) is 0 Å². The molecule has 0 aromatic rings. The summed E-state index contributed by atoms with van der Waals surface area (Å²) in [6, 6.07) is 0. The monoisotopic (exact) mass is 132 g/mol. The molecule has 0 N–H and O–H groups in total. The van der Waals surface area contributed by atoms with Crippen LogP contribution in [0.4, 0.5) is 0 Å². The molecule has 0 bridgehead atoms. The van der Waals surface area contributed by atoms with Crippen molar-refractivity contribution in [3.05, 3.63) is 0 Å². The molecule has 0 saturated heterocycles. The van der Waals surface area contributed by atoms with Gasteiger partial charge in [0.25, 0.3) is 0 Å². The number of carbonyl (C=O) groups is 1. The molecule has 0 aromatic heterocycles. The van der Waals surface area contributed by atoms with Crippen LogP contribution in [0.25, 0.3) is 0 Å². The van der Waals surface area contributed by atoms with Gasteiger partial charge in [0.05, 0.1) is 5.88 Å². The molecule has 1 rings (SSSR count). The quantitative estimate of drug-likeness (QED) is 0.533. The Morgan fingerprint density at radius 3 is 2.62 bits per heavy atom. The minimum atomic E-state index is 0.203. The van der Waals surface area contributed by atoms with E-state index in [4.69, 9.17) is 11.6 Å². The lowest BCUT2D eigenvalue weighted by atomic mass is 10.2. The van der Waals surface area contributed by atoms with Crippen LogP contribution in [0.1, 0.15) is 19.3 Å². The van der Waals surface area contributed by atoms with Crippen molar-refractivity contribution in [3.63, 3.8) is 0 Å². The SMILES string of the molecule is O=C(CCl)CC1CC1. The van der Waals surface area contributed by atoms with Crippen molar-refractivity contribution in [2.45, 2.75) is 19.3 Å². The van der Waals surface area contributed by atoms with E-state index in [1.807, 2.05) is 0 Å². The predicted octanol–water partition coefficient (Wildman–Crippen LogP) is 1.59. The van der Waals surface area contributed by atoms with E-state index in [9.17, 15) is 4.79 Å². The largest absolute Gasteiger partial charge is 0.298 e. The lowest BCUT2D eigenvalue weighted by Gasteiger charge is -1.88. The molecule has 1 saturated carbocycles. The van der Waals surface area contributed by atoms with Crippen molar-refractivity contribution in [1.82, 2.24) is 0 Å². The van der Waals surface area contributed by atoms with Gasteiger partial charge >= 0.3 is 0 Å². The zero-order chi connectivity index (χ0) is 5.98. The van der Waals surface area contributed by atoms with Crippen molar-refractivity contribution in [2.24, 2.45) is 5.92 Å². The number of hydrogen-bond acceptors (Lipinski definition) is 1. The summed E-state index contributed by atoms with van der Waals surface area (Å²) in [5.41, 5.74) is 0. The van der Waals surface area contributed by atoms with Gasteiger partial charge in [-0.05, 0) is 18.8 Å². The Kier molecular flexibility index (Phi) is 1.90. The molecule has 0 radical (unpaired) electrons. The second-order valence-corrected chi connectivity index (χ2v) is 2.59. The van der Waals surface area contributed by atoms with Crippen molar-refractivity contribution in [1.29, 1.82) is 0 Å². The number of alkyl halides is 1. The highest BCUT2D eigenvalue weighted by Gasteiger charge is 2.23. The second kappa shape index (κ2) is 2.49. The highest BCUT2D eigenvalue weighted by molar-refractivity contribution is 6.27. The number of hydrogen-bond donors (Lipinski definition) is 0. The van der Waals surface area contributed by atoms with Gasteiger partial charge in [-0.25, -0.2) is 0 Å². The first kappa shape index (κ1) is 6.09. The van der Waals surface area contributed by atoms with E-state index in [1.165, 1.54) is 12.8 Å². The number of halogens is 1. The number of Topliss-reactive ketones (excluding diaryl/α,β-unsaturated/α-hetero) is 1. The van der Waals surface area contributed by atoms with Crippen LogP contribution in [0.5, 0.6) is 0 Å². The van der Waals surface area contributed by atoms with Crippen LogP contribution in [-0.2, 0) is 4.79 Å². The van der Waals surface area contributed by atoms with Crippen LogP contribution in [0.15, 0.2) is 0 Å². The molecular formula is C6H9ClO.